The van der Waals surface area contributed by atoms with Crippen LogP contribution in [-0.2, 0) is 19.2 Å². The summed E-state index contributed by atoms with van der Waals surface area (Å²) in [4.78, 5) is 47.9. The third-order valence-electron chi connectivity index (χ3n) is 4.35. The summed E-state index contributed by atoms with van der Waals surface area (Å²) in [7, 11) is 0. The fourth-order valence-electron chi connectivity index (χ4n) is 3.36. The number of hydrogen-bond donors (Lipinski definition) is 2. The van der Waals surface area contributed by atoms with Gasteiger partial charge in [-0.3, -0.25) is 29.8 Å². The van der Waals surface area contributed by atoms with E-state index >= 15 is 0 Å². The zero-order valence-corrected chi connectivity index (χ0v) is 11.1. The van der Waals surface area contributed by atoms with Crippen molar-refractivity contribution < 1.29 is 19.2 Å². The summed E-state index contributed by atoms with van der Waals surface area (Å²) in [5.41, 5.74) is -0.852. The molecule has 2 heterocycles. The summed E-state index contributed by atoms with van der Waals surface area (Å²) in [6, 6.07) is 0. The third kappa shape index (κ3) is 1.86. The second-order valence-electron chi connectivity index (χ2n) is 5.26. The molecular weight excluding hydrogens is 248 g/mol. The summed E-state index contributed by atoms with van der Waals surface area (Å²) in [6.45, 7) is 3.82. The van der Waals surface area contributed by atoms with Crippen LogP contribution in [0.1, 0.15) is 39.5 Å². The highest BCUT2D eigenvalue weighted by Gasteiger charge is 2.62. The molecule has 0 aliphatic carbocycles. The minimum Gasteiger partial charge on any atom is -0.295 e. The minimum atomic E-state index is -0.940. The number of carbonyl (C=O) groups is 4. The molecule has 6 nitrogen and oxygen atoms in total. The summed E-state index contributed by atoms with van der Waals surface area (Å²) >= 11 is 0. The molecule has 2 N–H and O–H groups in total. The molecular formula is C13H18N2O4. The topological polar surface area (TPSA) is 92.3 Å². The molecule has 0 aromatic carbocycles. The van der Waals surface area contributed by atoms with E-state index in [0.29, 0.717) is 12.8 Å². The first-order chi connectivity index (χ1) is 8.97. The number of carbonyl (C=O) groups excluding carboxylic acids is 4. The van der Waals surface area contributed by atoms with E-state index in [1.54, 1.807) is 0 Å². The first kappa shape index (κ1) is 13.7. The fraction of sp³-hybridized carbons (Fsp3) is 0.692. The standard InChI is InChI=1S/C13H18N2O4/c1-3-5-6-13(4-2)7-9(16)14-11(18)8(13)12(19)15-10(7)17/h7-8H,3-6H2,1-2H3,(H,14,16,18)(H,15,17,19). The van der Waals surface area contributed by atoms with Gasteiger partial charge < -0.3 is 0 Å². The number of amides is 4. The van der Waals surface area contributed by atoms with Crippen LogP contribution >= 0.6 is 0 Å². The van der Waals surface area contributed by atoms with Gasteiger partial charge >= 0.3 is 0 Å². The van der Waals surface area contributed by atoms with Gasteiger partial charge in [0.1, 0.15) is 11.8 Å². The summed E-state index contributed by atoms with van der Waals surface area (Å²) < 4.78 is 0. The molecule has 0 spiro atoms. The maximum Gasteiger partial charge on any atom is 0.239 e. The average Bonchev–Trinajstić information content (AvgIpc) is 2.34. The Hall–Kier alpha value is -1.72. The number of nitrogens with one attached hydrogen (secondary N) is 2. The predicted molar refractivity (Wildman–Crippen MR) is 65.5 cm³/mol. The lowest BCUT2D eigenvalue weighted by Gasteiger charge is -2.48. The van der Waals surface area contributed by atoms with Gasteiger partial charge in [-0.15, -0.1) is 0 Å². The molecule has 0 unspecified atom stereocenters. The Bertz CT molecular complexity index is 396. The average molecular weight is 266 g/mol. The third-order valence-corrected chi connectivity index (χ3v) is 4.35. The second-order valence-corrected chi connectivity index (χ2v) is 5.26. The first-order valence-electron chi connectivity index (χ1n) is 6.67. The molecule has 2 rings (SSSR count). The lowest BCUT2D eigenvalue weighted by atomic mass is 9.57. The van der Waals surface area contributed by atoms with E-state index in [2.05, 4.69) is 10.6 Å². The molecule has 2 saturated heterocycles. The lowest BCUT2D eigenvalue weighted by molar-refractivity contribution is -0.167. The van der Waals surface area contributed by atoms with Gasteiger partial charge in [0.05, 0.1) is 0 Å². The Labute approximate surface area is 111 Å². The highest BCUT2D eigenvalue weighted by atomic mass is 16.2. The summed E-state index contributed by atoms with van der Waals surface area (Å²) in [6.07, 6.45) is 2.66. The Morgan fingerprint density at radius 3 is 1.63 bits per heavy atom. The van der Waals surface area contributed by atoms with E-state index < -0.39 is 40.9 Å². The van der Waals surface area contributed by atoms with E-state index in [1.807, 2.05) is 13.8 Å². The molecule has 2 aliphatic heterocycles. The maximum atomic E-state index is 12.0. The van der Waals surface area contributed by atoms with Crippen molar-refractivity contribution in [1.82, 2.24) is 10.6 Å². The van der Waals surface area contributed by atoms with Gasteiger partial charge in [-0.05, 0) is 12.8 Å². The number of rotatable bonds is 4. The molecule has 2 fully saturated rings. The van der Waals surface area contributed by atoms with Crippen molar-refractivity contribution >= 4 is 23.6 Å². The normalized spacial score (nSPS) is 34.0. The number of fused-ring (bicyclic) bond motifs is 2. The zero-order chi connectivity index (χ0) is 14.2. The second kappa shape index (κ2) is 4.75. The van der Waals surface area contributed by atoms with E-state index in [1.165, 1.54) is 0 Å². The maximum absolute atomic E-state index is 12.0. The molecule has 0 saturated carbocycles. The van der Waals surface area contributed by atoms with Crippen LogP contribution in [0.5, 0.6) is 0 Å². The van der Waals surface area contributed by atoms with Crippen molar-refractivity contribution in [3.05, 3.63) is 0 Å². The first-order valence-corrected chi connectivity index (χ1v) is 6.67. The minimum absolute atomic E-state index is 0.459. The molecule has 0 aromatic rings. The van der Waals surface area contributed by atoms with E-state index in [-0.39, 0.29) is 0 Å². The SMILES string of the molecule is CCCCC1(CC)C2C(=O)NC(=O)C1C(=O)NC2=O. The Balaban J connectivity index is 2.51. The van der Waals surface area contributed by atoms with Crippen LogP contribution in [0.4, 0.5) is 0 Å². The predicted octanol–water partition coefficient (Wildman–Crippen LogP) is 0.118. The fourth-order valence-corrected chi connectivity index (χ4v) is 3.36. The number of unbranched alkanes of at least 4 members (excludes halogenated alkanes) is 1. The molecule has 0 aromatic heterocycles. The summed E-state index contributed by atoms with van der Waals surface area (Å²) in [5, 5.41) is 4.30. The van der Waals surface area contributed by atoms with Gasteiger partial charge in [0, 0.05) is 5.41 Å². The van der Waals surface area contributed by atoms with Crippen LogP contribution in [0.3, 0.4) is 0 Å². The molecule has 0 radical (unpaired) electrons. The van der Waals surface area contributed by atoms with E-state index in [4.69, 9.17) is 0 Å². The summed E-state index contributed by atoms with van der Waals surface area (Å²) in [5.74, 6) is -4.20. The van der Waals surface area contributed by atoms with Crippen LogP contribution in [0.15, 0.2) is 0 Å². The molecule has 2 bridgehead atoms. The highest BCUT2D eigenvalue weighted by Crippen LogP contribution is 2.48. The van der Waals surface area contributed by atoms with Crippen LogP contribution in [0, 0.1) is 17.3 Å². The van der Waals surface area contributed by atoms with Crippen molar-refractivity contribution in [3.63, 3.8) is 0 Å². The largest absolute Gasteiger partial charge is 0.295 e. The quantitative estimate of drug-likeness (QED) is 0.558. The van der Waals surface area contributed by atoms with Gasteiger partial charge in [0.15, 0.2) is 0 Å². The molecule has 19 heavy (non-hydrogen) atoms. The van der Waals surface area contributed by atoms with Crippen molar-refractivity contribution in [2.45, 2.75) is 39.5 Å². The van der Waals surface area contributed by atoms with E-state index in [9.17, 15) is 19.2 Å². The van der Waals surface area contributed by atoms with Crippen molar-refractivity contribution in [2.24, 2.45) is 17.3 Å². The van der Waals surface area contributed by atoms with Crippen molar-refractivity contribution in [3.8, 4) is 0 Å². The Morgan fingerprint density at radius 1 is 0.895 bits per heavy atom. The number of hydrogen-bond acceptors (Lipinski definition) is 4. The van der Waals surface area contributed by atoms with E-state index in [0.717, 1.165) is 12.8 Å². The Morgan fingerprint density at radius 2 is 1.32 bits per heavy atom. The van der Waals surface area contributed by atoms with Gasteiger partial charge in [-0.2, -0.15) is 0 Å². The van der Waals surface area contributed by atoms with Gasteiger partial charge in [0.2, 0.25) is 23.6 Å². The van der Waals surface area contributed by atoms with Gasteiger partial charge in [0.25, 0.3) is 0 Å². The molecule has 2 aliphatic rings. The van der Waals surface area contributed by atoms with Gasteiger partial charge in [-0.1, -0.05) is 26.7 Å². The van der Waals surface area contributed by atoms with Crippen molar-refractivity contribution in [1.29, 1.82) is 0 Å². The zero-order valence-electron chi connectivity index (χ0n) is 11.1. The van der Waals surface area contributed by atoms with Crippen LogP contribution in [-0.4, -0.2) is 23.6 Å². The molecule has 0 atom stereocenters. The Kier molecular flexibility index (Phi) is 3.43. The molecule has 6 heteroatoms. The molecule has 104 valence electrons. The highest BCUT2D eigenvalue weighted by molar-refractivity contribution is 6.22. The van der Waals surface area contributed by atoms with Crippen LogP contribution < -0.4 is 10.6 Å². The van der Waals surface area contributed by atoms with Crippen molar-refractivity contribution in [2.75, 3.05) is 0 Å². The molecule has 4 amide bonds. The van der Waals surface area contributed by atoms with Crippen LogP contribution in [0.2, 0.25) is 0 Å². The monoisotopic (exact) mass is 266 g/mol. The number of imide groups is 2. The number of piperidine rings is 2. The van der Waals surface area contributed by atoms with Gasteiger partial charge in [-0.25, -0.2) is 0 Å². The smallest absolute Gasteiger partial charge is 0.239 e. The van der Waals surface area contributed by atoms with Crippen LogP contribution in [0.25, 0.3) is 0 Å². The lowest BCUT2D eigenvalue weighted by Crippen LogP contribution is -2.70.